The van der Waals surface area contributed by atoms with Crippen LogP contribution in [-0.2, 0) is 20.9 Å². The van der Waals surface area contributed by atoms with E-state index in [-0.39, 0.29) is 24.8 Å². The van der Waals surface area contributed by atoms with Crippen LogP contribution in [0.1, 0.15) is 12.8 Å². The number of nitrogens with zero attached hydrogens (tertiary/aromatic N) is 4. The van der Waals surface area contributed by atoms with Gasteiger partial charge in [0, 0.05) is 23.6 Å². The van der Waals surface area contributed by atoms with E-state index in [0.29, 0.717) is 23.8 Å². The van der Waals surface area contributed by atoms with Gasteiger partial charge in [-0.1, -0.05) is 11.6 Å². The molecule has 0 radical (unpaired) electrons. The SMILES string of the molecule is COC(=O)CCCNC(=O)Cn1nnc(-c2ccc(Cl)cc2)n1. The van der Waals surface area contributed by atoms with Gasteiger partial charge in [0.25, 0.3) is 0 Å². The first-order chi connectivity index (χ1) is 11.1. The number of hydrogen-bond donors (Lipinski definition) is 1. The molecule has 0 aliphatic carbocycles. The Morgan fingerprint density at radius 1 is 1.30 bits per heavy atom. The van der Waals surface area contributed by atoms with Crippen molar-refractivity contribution in [3.63, 3.8) is 0 Å². The molecule has 8 nitrogen and oxygen atoms in total. The minimum Gasteiger partial charge on any atom is -0.469 e. The van der Waals surface area contributed by atoms with Crippen LogP contribution in [0.3, 0.4) is 0 Å². The lowest BCUT2D eigenvalue weighted by molar-refractivity contribution is -0.140. The number of tetrazole rings is 1. The molecule has 0 saturated heterocycles. The number of carbonyl (C=O) groups excluding carboxylic acids is 2. The third-order valence-corrected chi connectivity index (χ3v) is 3.20. The highest BCUT2D eigenvalue weighted by Gasteiger charge is 2.09. The molecule has 0 saturated carbocycles. The van der Waals surface area contributed by atoms with Crippen molar-refractivity contribution in [1.29, 1.82) is 0 Å². The second-order valence-electron chi connectivity index (χ2n) is 4.68. The largest absolute Gasteiger partial charge is 0.469 e. The molecule has 23 heavy (non-hydrogen) atoms. The summed E-state index contributed by atoms with van der Waals surface area (Å²) < 4.78 is 4.51. The molecule has 2 rings (SSSR count). The van der Waals surface area contributed by atoms with Gasteiger partial charge in [-0.05, 0) is 35.9 Å². The first-order valence-corrected chi connectivity index (χ1v) is 7.33. The van der Waals surface area contributed by atoms with Crippen LogP contribution >= 0.6 is 11.6 Å². The Kier molecular flexibility index (Phi) is 6.04. The Bertz CT molecular complexity index is 671. The molecule has 1 amide bonds. The smallest absolute Gasteiger partial charge is 0.305 e. The minimum absolute atomic E-state index is 0.0428. The van der Waals surface area contributed by atoms with Gasteiger partial charge in [0.1, 0.15) is 6.54 Å². The first kappa shape index (κ1) is 16.9. The number of amides is 1. The Morgan fingerprint density at radius 2 is 2.04 bits per heavy atom. The molecule has 0 bridgehead atoms. The van der Waals surface area contributed by atoms with Crippen LogP contribution in [0.4, 0.5) is 0 Å². The Labute approximate surface area is 137 Å². The molecule has 1 aromatic carbocycles. The lowest BCUT2D eigenvalue weighted by Crippen LogP contribution is -2.29. The van der Waals surface area contributed by atoms with Gasteiger partial charge in [-0.25, -0.2) is 0 Å². The Hall–Kier alpha value is -2.48. The second-order valence-corrected chi connectivity index (χ2v) is 5.12. The molecule has 1 N–H and O–H groups in total. The number of methoxy groups -OCH3 is 1. The molecule has 0 aliphatic heterocycles. The number of hydrogen-bond acceptors (Lipinski definition) is 6. The number of rotatable bonds is 7. The summed E-state index contributed by atoms with van der Waals surface area (Å²) in [4.78, 5) is 23.9. The maximum atomic E-state index is 11.7. The third kappa shape index (κ3) is 5.33. The molecule has 0 unspecified atom stereocenters. The van der Waals surface area contributed by atoms with E-state index >= 15 is 0 Å². The van der Waals surface area contributed by atoms with Crippen LogP contribution < -0.4 is 5.32 Å². The van der Waals surface area contributed by atoms with Crippen LogP contribution in [0, 0.1) is 0 Å². The zero-order chi connectivity index (χ0) is 16.7. The average molecular weight is 338 g/mol. The van der Waals surface area contributed by atoms with Gasteiger partial charge >= 0.3 is 5.97 Å². The van der Waals surface area contributed by atoms with Gasteiger partial charge in [-0.2, -0.15) is 4.80 Å². The number of esters is 1. The van der Waals surface area contributed by atoms with Crippen LogP contribution in [0.15, 0.2) is 24.3 Å². The average Bonchev–Trinajstić information content (AvgIpc) is 3.00. The molecule has 122 valence electrons. The lowest BCUT2D eigenvalue weighted by Gasteiger charge is -2.03. The van der Waals surface area contributed by atoms with Gasteiger partial charge in [0.15, 0.2) is 0 Å². The summed E-state index contributed by atoms with van der Waals surface area (Å²) in [6.45, 7) is 0.339. The molecule has 2 aromatic rings. The molecule has 1 aromatic heterocycles. The van der Waals surface area contributed by atoms with Crippen LogP contribution in [0.25, 0.3) is 11.4 Å². The van der Waals surface area contributed by atoms with Crippen LogP contribution in [-0.4, -0.2) is 45.7 Å². The van der Waals surface area contributed by atoms with E-state index in [4.69, 9.17) is 11.6 Å². The molecule has 9 heteroatoms. The quantitative estimate of drug-likeness (QED) is 0.599. The molecule has 0 aliphatic rings. The highest BCUT2D eigenvalue weighted by atomic mass is 35.5. The van der Waals surface area contributed by atoms with Crippen LogP contribution in [0.5, 0.6) is 0 Å². The van der Waals surface area contributed by atoms with Gasteiger partial charge in [0.2, 0.25) is 11.7 Å². The molecule has 0 atom stereocenters. The van der Waals surface area contributed by atoms with Crippen molar-refractivity contribution in [1.82, 2.24) is 25.5 Å². The number of aromatic nitrogens is 4. The molecular formula is C14H16ClN5O3. The summed E-state index contributed by atoms with van der Waals surface area (Å²) >= 11 is 5.82. The van der Waals surface area contributed by atoms with E-state index in [1.165, 1.54) is 11.9 Å². The van der Waals surface area contributed by atoms with Gasteiger partial charge in [-0.15, -0.1) is 10.2 Å². The highest BCUT2D eigenvalue weighted by Crippen LogP contribution is 2.16. The summed E-state index contributed by atoms with van der Waals surface area (Å²) in [6.07, 6.45) is 0.776. The third-order valence-electron chi connectivity index (χ3n) is 2.95. The molecule has 0 fully saturated rings. The van der Waals surface area contributed by atoms with E-state index in [1.54, 1.807) is 24.3 Å². The second kappa shape index (κ2) is 8.23. The van der Waals surface area contributed by atoms with E-state index in [1.807, 2.05) is 0 Å². The zero-order valence-electron chi connectivity index (χ0n) is 12.5. The highest BCUT2D eigenvalue weighted by molar-refractivity contribution is 6.30. The predicted molar refractivity (Wildman–Crippen MR) is 82.5 cm³/mol. The van der Waals surface area contributed by atoms with Gasteiger partial charge in [0.05, 0.1) is 7.11 Å². The predicted octanol–water partition coefficient (Wildman–Crippen LogP) is 1.06. The van der Waals surface area contributed by atoms with Crippen molar-refractivity contribution in [2.75, 3.05) is 13.7 Å². The van der Waals surface area contributed by atoms with Crippen molar-refractivity contribution in [3.05, 3.63) is 29.3 Å². The van der Waals surface area contributed by atoms with Crippen molar-refractivity contribution >= 4 is 23.5 Å². The van der Waals surface area contributed by atoms with Gasteiger partial charge < -0.3 is 10.1 Å². The number of nitrogens with one attached hydrogen (secondary N) is 1. The van der Waals surface area contributed by atoms with Gasteiger partial charge in [-0.3, -0.25) is 9.59 Å². The van der Waals surface area contributed by atoms with Crippen molar-refractivity contribution in [2.24, 2.45) is 0 Å². The monoisotopic (exact) mass is 337 g/mol. The molecule has 0 spiro atoms. The summed E-state index contributed by atoms with van der Waals surface area (Å²) in [5.74, 6) is -0.139. The Balaban J connectivity index is 1.81. The number of carbonyl (C=O) groups is 2. The van der Waals surface area contributed by atoms with E-state index < -0.39 is 0 Å². The minimum atomic E-state index is -0.301. The fourth-order valence-electron chi connectivity index (χ4n) is 1.77. The maximum absolute atomic E-state index is 11.7. The maximum Gasteiger partial charge on any atom is 0.305 e. The van der Waals surface area contributed by atoms with E-state index in [0.717, 1.165) is 5.56 Å². The number of ether oxygens (including phenoxy) is 1. The fourth-order valence-corrected chi connectivity index (χ4v) is 1.90. The molecule has 1 heterocycles. The standard InChI is InChI=1S/C14H16ClN5O3/c1-23-13(22)3-2-8-16-12(21)9-20-18-14(17-19-20)10-4-6-11(15)7-5-10/h4-7H,2-3,8-9H2,1H3,(H,16,21). The van der Waals surface area contributed by atoms with E-state index in [2.05, 4.69) is 25.5 Å². The zero-order valence-corrected chi connectivity index (χ0v) is 13.3. The summed E-state index contributed by atoms with van der Waals surface area (Å²) in [5.41, 5.74) is 0.763. The Morgan fingerprint density at radius 3 is 2.74 bits per heavy atom. The first-order valence-electron chi connectivity index (χ1n) is 6.96. The summed E-state index contributed by atoms with van der Waals surface area (Å²) in [6, 6.07) is 7.00. The molecular weight excluding hydrogens is 322 g/mol. The fraction of sp³-hybridized carbons (Fsp3) is 0.357. The normalized spacial score (nSPS) is 10.3. The summed E-state index contributed by atoms with van der Waals surface area (Å²) in [7, 11) is 1.33. The van der Waals surface area contributed by atoms with Crippen LogP contribution in [0.2, 0.25) is 5.02 Å². The summed E-state index contributed by atoms with van der Waals surface area (Å²) in [5, 5.41) is 15.2. The van der Waals surface area contributed by atoms with Crippen molar-refractivity contribution < 1.29 is 14.3 Å². The van der Waals surface area contributed by atoms with E-state index in [9.17, 15) is 9.59 Å². The van der Waals surface area contributed by atoms with Crippen molar-refractivity contribution in [3.8, 4) is 11.4 Å². The number of benzene rings is 1. The number of halogens is 1. The lowest BCUT2D eigenvalue weighted by atomic mass is 10.2. The van der Waals surface area contributed by atoms with Crippen molar-refractivity contribution in [2.45, 2.75) is 19.4 Å². The topological polar surface area (TPSA) is 99.0 Å².